The maximum absolute atomic E-state index is 12.2. The fraction of sp³-hybridized carbons (Fsp3) is 0.462. The smallest absolute Gasteiger partial charge is 0.292 e. The Morgan fingerprint density at radius 3 is 2.42 bits per heavy atom. The molecule has 0 aromatic heterocycles. The van der Waals surface area contributed by atoms with Gasteiger partial charge in [-0.2, -0.15) is 0 Å². The lowest BCUT2D eigenvalue weighted by Crippen LogP contribution is -2.38. The van der Waals surface area contributed by atoms with Gasteiger partial charge in [0, 0.05) is 24.7 Å². The van der Waals surface area contributed by atoms with E-state index in [0.717, 1.165) is 0 Å². The number of rotatable bonds is 4. The third-order valence-corrected chi connectivity index (χ3v) is 3.37. The summed E-state index contributed by atoms with van der Waals surface area (Å²) < 4.78 is 0. The standard InChI is InChI=1S/C13H19N3O3/c1-8(2)9(3)15(4)13(17)10-5-6-11(14)12(7-10)16(18)19/h5-9H,14H2,1-4H3. The summed E-state index contributed by atoms with van der Waals surface area (Å²) in [6, 6.07) is 4.17. The molecule has 2 N–H and O–H groups in total. The molecule has 1 unspecified atom stereocenters. The summed E-state index contributed by atoms with van der Waals surface area (Å²) >= 11 is 0. The quantitative estimate of drug-likeness (QED) is 0.514. The lowest BCUT2D eigenvalue weighted by atomic mass is 10.0. The van der Waals surface area contributed by atoms with Crippen LogP contribution in [0.25, 0.3) is 0 Å². The summed E-state index contributed by atoms with van der Waals surface area (Å²) in [7, 11) is 1.69. The van der Waals surface area contributed by atoms with Gasteiger partial charge in [0.1, 0.15) is 5.69 Å². The third-order valence-electron chi connectivity index (χ3n) is 3.37. The second-order valence-corrected chi connectivity index (χ2v) is 4.93. The van der Waals surface area contributed by atoms with E-state index >= 15 is 0 Å². The fourth-order valence-corrected chi connectivity index (χ4v) is 1.67. The molecule has 1 aromatic carbocycles. The van der Waals surface area contributed by atoms with Gasteiger partial charge in [0.25, 0.3) is 11.6 Å². The Labute approximate surface area is 112 Å². The molecule has 1 amide bonds. The lowest BCUT2D eigenvalue weighted by molar-refractivity contribution is -0.383. The zero-order valence-corrected chi connectivity index (χ0v) is 11.6. The molecule has 6 nitrogen and oxygen atoms in total. The molecule has 0 bridgehead atoms. The number of hydrogen-bond donors (Lipinski definition) is 1. The minimum Gasteiger partial charge on any atom is -0.393 e. The molecule has 0 spiro atoms. The highest BCUT2D eigenvalue weighted by Gasteiger charge is 2.22. The Morgan fingerprint density at radius 2 is 1.95 bits per heavy atom. The Bertz CT molecular complexity index is 500. The Hall–Kier alpha value is -2.11. The van der Waals surface area contributed by atoms with Crippen molar-refractivity contribution in [1.29, 1.82) is 0 Å². The number of nitrogens with zero attached hydrogens (tertiary/aromatic N) is 2. The second-order valence-electron chi connectivity index (χ2n) is 4.93. The van der Waals surface area contributed by atoms with Crippen molar-refractivity contribution in [3.8, 4) is 0 Å². The number of nitrogens with two attached hydrogens (primary N) is 1. The maximum atomic E-state index is 12.2. The van der Waals surface area contributed by atoms with Crippen molar-refractivity contribution in [1.82, 2.24) is 4.90 Å². The van der Waals surface area contributed by atoms with Gasteiger partial charge in [0.2, 0.25) is 0 Å². The van der Waals surface area contributed by atoms with Crippen molar-refractivity contribution >= 4 is 17.3 Å². The monoisotopic (exact) mass is 265 g/mol. The van der Waals surface area contributed by atoms with E-state index in [1.807, 2.05) is 20.8 Å². The van der Waals surface area contributed by atoms with Gasteiger partial charge in [-0.1, -0.05) is 13.8 Å². The van der Waals surface area contributed by atoms with Crippen molar-refractivity contribution < 1.29 is 9.72 Å². The zero-order chi connectivity index (χ0) is 14.7. The van der Waals surface area contributed by atoms with E-state index in [1.165, 1.54) is 18.2 Å². The van der Waals surface area contributed by atoms with Crippen LogP contribution in [0.15, 0.2) is 18.2 Å². The van der Waals surface area contributed by atoms with Gasteiger partial charge in [-0.15, -0.1) is 0 Å². The molecule has 6 heteroatoms. The summed E-state index contributed by atoms with van der Waals surface area (Å²) in [6.45, 7) is 5.97. The van der Waals surface area contributed by atoms with Gasteiger partial charge in [0.05, 0.1) is 4.92 Å². The largest absolute Gasteiger partial charge is 0.393 e. The number of nitrogen functional groups attached to an aromatic ring is 1. The molecule has 0 aliphatic rings. The van der Waals surface area contributed by atoms with Gasteiger partial charge in [-0.25, -0.2) is 0 Å². The van der Waals surface area contributed by atoms with Crippen LogP contribution in [0.2, 0.25) is 0 Å². The maximum Gasteiger partial charge on any atom is 0.292 e. The van der Waals surface area contributed by atoms with Crippen LogP contribution in [0.3, 0.4) is 0 Å². The van der Waals surface area contributed by atoms with E-state index in [1.54, 1.807) is 11.9 Å². The second kappa shape index (κ2) is 5.69. The van der Waals surface area contributed by atoms with Gasteiger partial charge < -0.3 is 10.6 Å². The zero-order valence-electron chi connectivity index (χ0n) is 11.6. The molecule has 1 aromatic rings. The van der Waals surface area contributed by atoms with Crippen LogP contribution in [-0.2, 0) is 0 Å². The Morgan fingerprint density at radius 1 is 1.37 bits per heavy atom. The summed E-state index contributed by atoms with van der Waals surface area (Å²) in [6.07, 6.45) is 0. The first-order chi connectivity index (χ1) is 8.75. The normalized spacial score (nSPS) is 12.3. The molecule has 0 saturated heterocycles. The molecule has 19 heavy (non-hydrogen) atoms. The Kier molecular flexibility index (Phi) is 4.47. The first-order valence-corrected chi connectivity index (χ1v) is 6.06. The van der Waals surface area contributed by atoms with Gasteiger partial charge in [0.15, 0.2) is 0 Å². The average molecular weight is 265 g/mol. The third kappa shape index (κ3) is 3.21. The molecule has 0 aliphatic heterocycles. The number of amides is 1. The molecule has 0 saturated carbocycles. The van der Waals surface area contributed by atoms with Gasteiger partial charge in [-0.05, 0) is 25.0 Å². The lowest BCUT2D eigenvalue weighted by Gasteiger charge is -2.28. The highest BCUT2D eigenvalue weighted by Crippen LogP contribution is 2.23. The number of hydrogen-bond acceptors (Lipinski definition) is 4. The first kappa shape index (κ1) is 14.9. The summed E-state index contributed by atoms with van der Waals surface area (Å²) in [4.78, 5) is 24.0. The molecule has 104 valence electrons. The number of nitro groups is 1. The minimum absolute atomic E-state index is 0.0455. The van der Waals surface area contributed by atoms with Crippen molar-refractivity contribution in [2.75, 3.05) is 12.8 Å². The number of anilines is 1. The van der Waals surface area contributed by atoms with Crippen LogP contribution in [-0.4, -0.2) is 28.8 Å². The first-order valence-electron chi connectivity index (χ1n) is 6.06. The molecule has 1 atom stereocenters. The summed E-state index contributed by atoms with van der Waals surface area (Å²) in [5.74, 6) is 0.0574. The van der Waals surface area contributed by atoms with Crippen molar-refractivity contribution in [3.63, 3.8) is 0 Å². The van der Waals surface area contributed by atoms with E-state index in [9.17, 15) is 14.9 Å². The van der Waals surface area contributed by atoms with Crippen molar-refractivity contribution in [3.05, 3.63) is 33.9 Å². The number of carbonyl (C=O) groups excluding carboxylic acids is 1. The fourth-order valence-electron chi connectivity index (χ4n) is 1.67. The minimum atomic E-state index is -0.585. The number of benzene rings is 1. The topological polar surface area (TPSA) is 89.5 Å². The molecule has 0 heterocycles. The predicted molar refractivity (Wildman–Crippen MR) is 73.9 cm³/mol. The van der Waals surface area contributed by atoms with Crippen LogP contribution in [0.4, 0.5) is 11.4 Å². The Balaban J connectivity index is 3.07. The predicted octanol–water partition coefficient (Wildman–Crippen LogP) is 2.29. The van der Waals surface area contributed by atoms with Gasteiger partial charge in [-0.3, -0.25) is 14.9 Å². The van der Waals surface area contributed by atoms with Crippen LogP contribution in [0.1, 0.15) is 31.1 Å². The van der Waals surface area contributed by atoms with E-state index in [0.29, 0.717) is 5.92 Å². The van der Waals surface area contributed by atoms with Crippen molar-refractivity contribution in [2.24, 2.45) is 5.92 Å². The number of nitro benzene ring substituents is 1. The highest BCUT2D eigenvalue weighted by molar-refractivity contribution is 5.95. The SMILES string of the molecule is CC(C)C(C)N(C)C(=O)c1ccc(N)c([N+](=O)[O-])c1. The molecular formula is C13H19N3O3. The van der Waals surface area contributed by atoms with Crippen LogP contribution in [0.5, 0.6) is 0 Å². The van der Waals surface area contributed by atoms with E-state index in [-0.39, 0.29) is 28.9 Å². The van der Waals surface area contributed by atoms with Crippen LogP contribution >= 0.6 is 0 Å². The summed E-state index contributed by atoms with van der Waals surface area (Å²) in [5, 5.41) is 10.8. The van der Waals surface area contributed by atoms with Crippen molar-refractivity contribution in [2.45, 2.75) is 26.8 Å². The molecule has 0 radical (unpaired) electrons. The summed E-state index contributed by atoms with van der Waals surface area (Å²) in [5.41, 5.74) is 5.60. The molecule has 0 fully saturated rings. The van der Waals surface area contributed by atoms with E-state index in [2.05, 4.69) is 0 Å². The average Bonchev–Trinajstić information content (AvgIpc) is 2.36. The van der Waals surface area contributed by atoms with Crippen LogP contribution in [0, 0.1) is 16.0 Å². The molecule has 1 rings (SSSR count). The highest BCUT2D eigenvalue weighted by atomic mass is 16.6. The molecular weight excluding hydrogens is 246 g/mol. The number of carbonyl (C=O) groups is 1. The van der Waals surface area contributed by atoms with Crippen LogP contribution < -0.4 is 5.73 Å². The van der Waals surface area contributed by atoms with E-state index in [4.69, 9.17) is 5.73 Å². The molecule has 0 aliphatic carbocycles. The van der Waals surface area contributed by atoms with E-state index < -0.39 is 4.92 Å². The van der Waals surface area contributed by atoms with Gasteiger partial charge >= 0.3 is 0 Å².